The third-order valence-electron chi connectivity index (χ3n) is 8.35. The number of carboxylic acids is 1. The van der Waals surface area contributed by atoms with Gasteiger partial charge in [-0.1, -0.05) is 23.7 Å². The maximum absolute atomic E-state index is 14.4. The summed E-state index contributed by atoms with van der Waals surface area (Å²) in [6.07, 6.45) is 2.17. The fraction of sp³-hybridized carbons (Fsp3) is 0.314. The molecular formula is C35H37ClN8O7. The highest BCUT2D eigenvalue weighted by molar-refractivity contribution is 6.40. The van der Waals surface area contributed by atoms with Crippen molar-refractivity contribution in [1.29, 1.82) is 0 Å². The molecule has 0 aliphatic carbocycles. The van der Waals surface area contributed by atoms with Crippen molar-refractivity contribution in [3.8, 4) is 5.69 Å². The lowest BCUT2D eigenvalue weighted by molar-refractivity contribution is -0.137. The molecule has 1 aliphatic rings. The fourth-order valence-corrected chi connectivity index (χ4v) is 5.98. The van der Waals surface area contributed by atoms with Gasteiger partial charge in [-0.05, 0) is 104 Å². The maximum atomic E-state index is 14.4. The SMILES string of the molecule is CC(C)(C)N(C(=O)[C@H](Cc1ccc(N2CCC(CO)CC2=O)cc1)NC(=O)C(=O)Nc1cc(Cl)ccc1-n1cnnn1)c1ccc(C(=O)O)cc1. The lowest BCUT2D eigenvalue weighted by Gasteiger charge is -2.38. The van der Waals surface area contributed by atoms with Gasteiger partial charge in [0, 0.05) is 47.9 Å². The molecule has 0 radical (unpaired) electrons. The van der Waals surface area contributed by atoms with Gasteiger partial charge < -0.3 is 30.6 Å². The van der Waals surface area contributed by atoms with Gasteiger partial charge in [0.1, 0.15) is 12.4 Å². The first-order chi connectivity index (χ1) is 24.2. The molecule has 0 spiro atoms. The highest BCUT2D eigenvalue weighted by atomic mass is 35.5. The van der Waals surface area contributed by atoms with Gasteiger partial charge in [-0.2, -0.15) is 4.68 Å². The Kier molecular flexibility index (Phi) is 11.1. The molecule has 1 unspecified atom stereocenters. The van der Waals surface area contributed by atoms with E-state index in [1.54, 1.807) is 62.1 Å². The predicted molar refractivity (Wildman–Crippen MR) is 188 cm³/mol. The average Bonchev–Trinajstić information content (AvgIpc) is 3.63. The summed E-state index contributed by atoms with van der Waals surface area (Å²) in [5.74, 6) is -4.06. The molecule has 1 aromatic heterocycles. The van der Waals surface area contributed by atoms with Gasteiger partial charge in [0.25, 0.3) is 0 Å². The third kappa shape index (κ3) is 8.74. The van der Waals surface area contributed by atoms with Crippen molar-refractivity contribution in [1.82, 2.24) is 25.5 Å². The second-order valence-electron chi connectivity index (χ2n) is 13.0. The molecule has 3 aromatic carbocycles. The number of aliphatic hydroxyl groups excluding tert-OH is 1. The van der Waals surface area contributed by atoms with Crippen LogP contribution < -0.4 is 20.4 Å². The summed E-state index contributed by atoms with van der Waals surface area (Å²) in [6, 6.07) is 16.0. The summed E-state index contributed by atoms with van der Waals surface area (Å²) in [6.45, 7) is 5.76. The van der Waals surface area contributed by atoms with Crippen molar-refractivity contribution in [2.24, 2.45) is 5.92 Å². The molecule has 4 amide bonds. The number of aromatic carboxylic acids is 1. The average molecular weight is 717 g/mol. The zero-order valence-electron chi connectivity index (χ0n) is 28.1. The van der Waals surface area contributed by atoms with Crippen LogP contribution in [0.2, 0.25) is 5.02 Å². The van der Waals surface area contributed by atoms with E-state index in [0.717, 1.165) is 0 Å². The van der Waals surface area contributed by atoms with Crippen molar-refractivity contribution in [2.75, 3.05) is 28.3 Å². The Morgan fingerprint density at radius 3 is 2.31 bits per heavy atom. The van der Waals surface area contributed by atoms with Crippen molar-refractivity contribution >= 4 is 58.3 Å². The van der Waals surface area contributed by atoms with Crippen LogP contribution in [-0.2, 0) is 25.6 Å². The number of hydrogen-bond acceptors (Lipinski definition) is 9. The quantitative estimate of drug-likeness (QED) is 0.177. The molecule has 1 aliphatic heterocycles. The van der Waals surface area contributed by atoms with Crippen LogP contribution in [0.5, 0.6) is 0 Å². The Labute approximate surface area is 298 Å². The van der Waals surface area contributed by atoms with E-state index in [1.165, 1.54) is 46.2 Å². The first kappa shape index (κ1) is 36.6. The molecule has 4 N–H and O–H groups in total. The normalized spacial score (nSPS) is 15.2. The maximum Gasteiger partial charge on any atom is 0.335 e. The van der Waals surface area contributed by atoms with Crippen LogP contribution in [0.3, 0.4) is 0 Å². The molecule has 2 atom stereocenters. The Hall–Kier alpha value is -5.67. The van der Waals surface area contributed by atoms with E-state index in [9.17, 15) is 34.2 Å². The number of aromatic nitrogens is 4. The number of amides is 4. The Morgan fingerprint density at radius 2 is 1.73 bits per heavy atom. The van der Waals surface area contributed by atoms with Crippen LogP contribution in [0.1, 0.15) is 49.5 Å². The van der Waals surface area contributed by atoms with Crippen molar-refractivity contribution in [3.63, 3.8) is 0 Å². The smallest absolute Gasteiger partial charge is 0.335 e. The van der Waals surface area contributed by atoms with Gasteiger partial charge in [0.05, 0.1) is 16.9 Å². The number of rotatable bonds is 10. The molecule has 0 saturated carbocycles. The van der Waals surface area contributed by atoms with Gasteiger partial charge in [-0.25, -0.2) is 4.79 Å². The van der Waals surface area contributed by atoms with E-state index in [-0.39, 0.29) is 47.5 Å². The molecular weight excluding hydrogens is 680 g/mol. The summed E-state index contributed by atoms with van der Waals surface area (Å²) >= 11 is 6.17. The highest BCUT2D eigenvalue weighted by Crippen LogP contribution is 2.28. The van der Waals surface area contributed by atoms with Crippen LogP contribution in [0.4, 0.5) is 17.1 Å². The number of aliphatic hydroxyl groups is 1. The van der Waals surface area contributed by atoms with Crippen LogP contribution in [0.25, 0.3) is 5.69 Å². The van der Waals surface area contributed by atoms with Crippen LogP contribution in [0, 0.1) is 5.92 Å². The number of carbonyl (C=O) groups excluding carboxylic acids is 4. The van der Waals surface area contributed by atoms with E-state index < -0.39 is 35.3 Å². The van der Waals surface area contributed by atoms with E-state index >= 15 is 0 Å². The standard InChI is InChI=1S/C35H37ClN8O7/c1-35(2,3)44(26-11-6-23(7-12-26)34(50)51)33(49)28(16-21-4-9-25(10-5-21)42-15-14-22(19-45)17-30(42)46)39-32(48)31(47)38-27-18-24(36)8-13-29(27)43-20-37-40-41-43/h4-13,18,20,22,28,45H,14-17,19H2,1-3H3,(H,38,47)(H,39,48)(H,50,51)/t22?,28-/m0/s1. The second-order valence-corrected chi connectivity index (χ2v) is 13.5. The molecule has 16 heteroatoms. The van der Waals surface area contributed by atoms with Gasteiger partial charge in [0.15, 0.2) is 0 Å². The second kappa shape index (κ2) is 15.5. The zero-order valence-corrected chi connectivity index (χ0v) is 28.9. The number of nitrogens with one attached hydrogen (secondary N) is 2. The minimum absolute atomic E-state index is 0.0304. The lowest BCUT2D eigenvalue weighted by atomic mass is 9.96. The summed E-state index contributed by atoms with van der Waals surface area (Å²) in [4.78, 5) is 68.6. The van der Waals surface area contributed by atoms with Crippen LogP contribution >= 0.6 is 11.6 Å². The first-order valence-electron chi connectivity index (χ1n) is 16.1. The number of carbonyl (C=O) groups is 5. The minimum Gasteiger partial charge on any atom is -0.478 e. The van der Waals surface area contributed by atoms with Gasteiger partial charge in [-0.3, -0.25) is 19.2 Å². The Bertz CT molecular complexity index is 1910. The Morgan fingerprint density at radius 1 is 1.02 bits per heavy atom. The number of tetrazole rings is 1. The number of halogens is 1. The van der Waals surface area contributed by atoms with Gasteiger partial charge >= 0.3 is 17.8 Å². The number of piperidine rings is 1. The van der Waals surface area contributed by atoms with Crippen molar-refractivity contribution in [3.05, 3.63) is 89.2 Å². The molecule has 51 heavy (non-hydrogen) atoms. The molecule has 1 fully saturated rings. The third-order valence-corrected chi connectivity index (χ3v) is 8.58. The number of anilines is 3. The Balaban J connectivity index is 1.43. The number of carboxylic acid groups (broad SMARTS) is 1. The topological polar surface area (TPSA) is 200 Å². The number of hydrogen-bond donors (Lipinski definition) is 4. The van der Waals surface area contributed by atoms with Crippen molar-refractivity contribution < 1.29 is 34.2 Å². The summed E-state index contributed by atoms with van der Waals surface area (Å²) in [5, 5.41) is 35.3. The highest BCUT2D eigenvalue weighted by Gasteiger charge is 2.35. The molecule has 2 heterocycles. The predicted octanol–water partition coefficient (Wildman–Crippen LogP) is 3.25. The van der Waals surface area contributed by atoms with Crippen molar-refractivity contribution in [2.45, 2.75) is 51.6 Å². The van der Waals surface area contributed by atoms with E-state index in [4.69, 9.17) is 11.6 Å². The summed E-state index contributed by atoms with van der Waals surface area (Å²) in [5.41, 5.74) is 1.32. The molecule has 0 bridgehead atoms. The molecule has 15 nitrogen and oxygen atoms in total. The molecule has 5 rings (SSSR count). The van der Waals surface area contributed by atoms with E-state index in [2.05, 4.69) is 26.2 Å². The minimum atomic E-state index is -1.27. The van der Waals surface area contributed by atoms with E-state index in [0.29, 0.717) is 35.6 Å². The zero-order chi connectivity index (χ0) is 36.9. The van der Waals surface area contributed by atoms with E-state index in [1.807, 2.05) is 0 Å². The molecule has 266 valence electrons. The fourth-order valence-electron chi connectivity index (χ4n) is 5.81. The summed E-state index contributed by atoms with van der Waals surface area (Å²) in [7, 11) is 0. The molecule has 1 saturated heterocycles. The lowest BCUT2D eigenvalue weighted by Crippen LogP contribution is -2.57. The number of nitrogens with zero attached hydrogens (tertiary/aromatic N) is 6. The van der Waals surface area contributed by atoms with Gasteiger partial charge in [0.2, 0.25) is 11.8 Å². The van der Waals surface area contributed by atoms with Crippen LogP contribution in [0.15, 0.2) is 73.1 Å². The molecule has 4 aromatic rings. The summed E-state index contributed by atoms with van der Waals surface area (Å²) < 4.78 is 1.28. The number of benzene rings is 3. The first-order valence-corrected chi connectivity index (χ1v) is 16.4. The van der Waals surface area contributed by atoms with Gasteiger partial charge in [-0.15, -0.1) is 5.10 Å². The van der Waals surface area contributed by atoms with Crippen LogP contribution in [-0.4, -0.2) is 84.8 Å². The monoisotopic (exact) mass is 716 g/mol. The largest absolute Gasteiger partial charge is 0.478 e.